The van der Waals surface area contributed by atoms with Gasteiger partial charge >= 0.3 is 0 Å². The Morgan fingerprint density at radius 2 is 1.80 bits per heavy atom. The number of unbranched alkanes of at least 4 members (excludes halogenated alkanes) is 1. The molecule has 132 valence electrons. The molecule has 3 aromatic rings. The van der Waals surface area contributed by atoms with Crippen LogP contribution in [0, 0.1) is 0 Å². The second kappa shape index (κ2) is 8.70. The number of fused-ring (bicyclic) bond motifs is 1. The van der Waals surface area contributed by atoms with Crippen molar-refractivity contribution >= 4 is 52.3 Å². The first-order valence-corrected chi connectivity index (χ1v) is 8.79. The monoisotopic (exact) mass is 395 g/mol. The van der Waals surface area contributed by atoms with Gasteiger partial charge in [-0.05, 0) is 36.8 Å². The first kappa shape index (κ1) is 19.8. The van der Waals surface area contributed by atoms with Gasteiger partial charge in [-0.15, -0.1) is 12.4 Å². The molecular formula is C19H20Cl3N3. The molecule has 0 bridgehead atoms. The Kier molecular flexibility index (Phi) is 6.88. The van der Waals surface area contributed by atoms with Crippen LogP contribution in [0.15, 0.2) is 42.5 Å². The Hall–Kier alpha value is -1.55. The number of hydrogen-bond donors (Lipinski definition) is 0. The number of benzene rings is 2. The third-order valence-corrected chi connectivity index (χ3v) is 4.51. The number of para-hydroxylation sites is 1. The second-order valence-corrected chi connectivity index (χ2v) is 6.63. The molecule has 0 saturated heterocycles. The van der Waals surface area contributed by atoms with Gasteiger partial charge in [-0.2, -0.15) is 0 Å². The first-order chi connectivity index (χ1) is 11.6. The quantitative estimate of drug-likeness (QED) is 0.509. The molecule has 25 heavy (non-hydrogen) atoms. The zero-order valence-electron chi connectivity index (χ0n) is 14.2. The van der Waals surface area contributed by atoms with E-state index in [1.807, 2.05) is 30.3 Å². The fourth-order valence-electron chi connectivity index (χ4n) is 2.64. The standard InChI is InChI=1S/C19H19Cl2N3.ClH/c1-3-4-11-24(2)19-15-7-5-6-8-17(15)22-18(23-19)14-10-9-13(20)12-16(14)21;/h5-10,12H,3-4,11H2,1-2H3;1H. The number of halogens is 3. The molecule has 0 unspecified atom stereocenters. The fourth-order valence-corrected chi connectivity index (χ4v) is 3.14. The average Bonchev–Trinajstić information content (AvgIpc) is 2.58. The van der Waals surface area contributed by atoms with Crippen molar-refractivity contribution in [2.45, 2.75) is 19.8 Å². The van der Waals surface area contributed by atoms with Crippen LogP contribution in [0.5, 0.6) is 0 Å². The van der Waals surface area contributed by atoms with Crippen molar-refractivity contribution in [3.05, 3.63) is 52.5 Å². The highest BCUT2D eigenvalue weighted by molar-refractivity contribution is 6.36. The lowest BCUT2D eigenvalue weighted by molar-refractivity contribution is 0.761. The van der Waals surface area contributed by atoms with Gasteiger partial charge in [0.15, 0.2) is 5.82 Å². The van der Waals surface area contributed by atoms with Crippen molar-refractivity contribution < 1.29 is 0 Å². The van der Waals surface area contributed by atoms with Crippen molar-refractivity contribution in [3.8, 4) is 11.4 Å². The minimum absolute atomic E-state index is 0. The maximum absolute atomic E-state index is 6.35. The third-order valence-electron chi connectivity index (χ3n) is 3.96. The number of nitrogens with zero attached hydrogens (tertiary/aromatic N) is 3. The molecule has 3 nitrogen and oxygen atoms in total. The second-order valence-electron chi connectivity index (χ2n) is 5.79. The molecule has 0 aliphatic rings. The minimum atomic E-state index is 0. The lowest BCUT2D eigenvalue weighted by Gasteiger charge is -2.20. The summed E-state index contributed by atoms with van der Waals surface area (Å²) in [7, 11) is 2.07. The summed E-state index contributed by atoms with van der Waals surface area (Å²) in [6, 6.07) is 13.4. The van der Waals surface area contributed by atoms with Crippen molar-refractivity contribution in [2.75, 3.05) is 18.5 Å². The molecule has 0 amide bonds. The van der Waals surface area contributed by atoms with Gasteiger partial charge in [0.1, 0.15) is 5.82 Å². The van der Waals surface area contributed by atoms with Crippen LogP contribution in [0.3, 0.4) is 0 Å². The summed E-state index contributed by atoms with van der Waals surface area (Å²) in [5, 5.41) is 2.20. The van der Waals surface area contributed by atoms with E-state index in [0.29, 0.717) is 15.9 Å². The summed E-state index contributed by atoms with van der Waals surface area (Å²) in [6.45, 7) is 3.14. The SMILES string of the molecule is CCCCN(C)c1nc(-c2ccc(Cl)cc2Cl)nc2ccccc12.Cl. The Morgan fingerprint density at radius 3 is 2.52 bits per heavy atom. The van der Waals surface area contributed by atoms with E-state index in [1.54, 1.807) is 6.07 Å². The van der Waals surface area contributed by atoms with Crippen LogP contribution >= 0.6 is 35.6 Å². The number of anilines is 1. The summed E-state index contributed by atoms with van der Waals surface area (Å²) in [5.41, 5.74) is 1.70. The van der Waals surface area contributed by atoms with Crippen LogP contribution in [0.25, 0.3) is 22.3 Å². The first-order valence-electron chi connectivity index (χ1n) is 8.03. The van der Waals surface area contributed by atoms with Gasteiger partial charge in [0.2, 0.25) is 0 Å². The molecular weight excluding hydrogens is 377 g/mol. The Morgan fingerprint density at radius 1 is 1.04 bits per heavy atom. The number of aromatic nitrogens is 2. The molecule has 0 N–H and O–H groups in total. The van der Waals surface area contributed by atoms with Crippen LogP contribution in [-0.4, -0.2) is 23.6 Å². The van der Waals surface area contributed by atoms with E-state index in [-0.39, 0.29) is 12.4 Å². The topological polar surface area (TPSA) is 29.0 Å². The van der Waals surface area contributed by atoms with E-state index in [1.165, 1.54) is 0 Å². The van der Waals surface area contributed by atoms with E-state index in [2.05, 4.69) is 24.9 Å². The van der Waals surface area contributed by atoms with Crippen LogP contribution in [0.2, 0.25) is 10.0 Å². The molecule has 0 radical (unpaired) electrons. The zero-order chi connectivity index (χ0) is 17.1. The fraction of sp³-hybridized carbons (Fsp3) is 0.263. The summed E-state index contributed by atoms with van der Waals surface area (Å²) in [5.74, 6) is 1.55. The summed E-state index contributed by atoms with van der Waals surface area (Å²) in [6.07, 6.45) is 2.26. The summed E-state index contributed by atoms with van der Waals surface area (Å²) >= 11 is 12.4. The van der Waals surface area contributed by atoms with Crippen molar-refractivity contribution in [1.29, 1.82) is 0 Å². The van der Waals surface area contributed by atoms with Crippen LogP contribution in [0.4, 0.5) is 5.82 Å². The normalized spacial score (nSPS) is 10.6. The molecule has 0 fully saturated rings. The van der Waals surface area contributed by atoms with Gasteiger partial charge in [0.25, 0.3) is 0 Å². The molecule has 0 spiro atoms. The van der Waals surface area contributed by atoms with Crippen LogP contribution in [-0.2, 0) is 0 Å². The molecule has 1 heterocycles. The van der Waals surface area contributed by atoms with E-state index in [4.69, 9.17) is 33.2 Å². The molecule has 3 rings (SSSR count). The predicted octanol–water partition coefficient (Wildman–Crippen LogP) is 6.26. The Balaban J connectivity index is 0.00000225. The van der Waals surface area contributed by atoms with Crippen LogP contribution in [0.1, 0.15) is 19.8 Å². The van der Waals surface area contributed by atoms with Crippen molar-refractivity contribution in [3.63, 3.8) is 0 Å². The highest BCUT2D eigenvalue weighted by Crippen LogP contribution is 2.32. The highest BCUT2D eigenvalue weighted by Gasteiger charge is 2.14. The zero-order valence-corrected chi connectivity index (χ0v) is 16.5. The molecule has 0 aliphatic heterocycles. The van der Waals surface area contributed by atoms with Gasteiger partial charge in [0.05, 0.1) is 10.5 Å². The lowest BCUT2D eigenvalue weighted by Crippen LogP contribution is -2.20. The highest BCUT2D eigenvalue weighted by atomic mass is 35.5. The summed E-state index contributed by atoms with van der Waals surface area (Å²) in [4.78, 5) is 11.7. The summed E-state index contributed by atoms with van der Waals surface area (Å²) < 4.78 is 0. The number of hydrogen-bond acceptors (Lipinski definition) is 3. The smallest absolute Gasteiger partial charge is 0.163 e. The maximum Gasteiger partial charge on any atom is 0.163 e. The molecule has 0 saturated carbocycles. The van der Waals surface area contributed by atoms with Gasteiger partial charge in [0, 0.05) is 29.6 Å². The lowest BCUT2D eigenvalue weighted by atomic mass is 10.1. The molecule has 6 heteroatoms. The molecule has 0 aliphatic carbocycles. The van der Waals surface area contributed by atoms with E-state index < -0.39 is 0 Å². The molecule has 0 atom stereocenters. The van der Waals surface area contributed by atoms with Gasteiger partial charge < -0.3 is 4.90 Å². The van der Waals surface area contributed by atoms with Gasteiger partial charge in [-0.3, -0.25) is 0 Å². The predicted molar refractivity (Wildman–Crippen MR) is 110 cm³/mol. The number of rotatable bonds is 5. The average molecular weight is 397 g/mol. The largest absolute Gasteiger partial charge is 0.359 e. The van der Waals surface area contributed by atoms with E-state index in [9.17, 15) is 0 Å². The Labute approximate surface area is 164 Å². The van der Waals surface area contributed by atoms with E-state index >= 15 is 0 Å². The van der Waals surface area contributed by atoms with Crippen molar-refractivity contribution in [1.82, 2.24) is 9.97 Å². The van der Waals surface area contributed by atoms with Crippen LogP contribution < -0.4 is 4.90 Å². The Bertz CT molecular complexity index is 868. The van der Waals surface area contributed by atoms with Gasteiger partial charge in [-0.1, -0.05) is 48.7 Å². The third kappa shape index (κ3) is 4.35. The van der Waals surface area contributed by atoms with Gasteiger partial charge in [-0.25, -0.2) is 9.97 Å². The van der Waals surface area contributed by atoms with E-state index in [0.717, 1.165) is 41.7 Å². The minimum Gasteiger partial charge on any atom is -0.359 e. The maximum atomic E-state index is 6.35. The molecule has 1 aromatic heterocycles. The van der Waals surface area contributed by atoms with Crippen molar-refractivity contribution in [2.24, 2.45) is 0 Å². The molecule has 2 aromatic carbocycles.